The molecule has 0 aliphatic carbocycles. The highest BCUT2D eigenvalue weighted by molar-refractivity contribution is 5.96. The van der Waals surface area contributed by atoms with Crippen LogP contribution in [0.5, 0.6) is 0 Å². The van der Waals surface area contributed by atoms with E-state index < -0.39 is 0 Å². The van der Waals surface area contributed by atoms with Gasteiger partial charge in [-0.3, -0.25) is 9.69 Å². The number of nitrogens with zero attached hydrogens (tertiary/aromatic N) is 4. The molecule has 1 aromatic carbocycles. The molecule has 1 aromatic heterocycles. The van der Waals surface area contributed by atoms with Gasteiger partial charge in [0.25, 0.3) is 5.91 Å². The summed E-state index contributed by atoms with van der Waals surface area (Å²) in [4.78, 5) is 20.0. The smallest absolute Gasteiger partial charge is 0.255 e. The van der Waals surface area contributed by atoms with Crippen molar-refractivity contribution in [2.24, 2.45) is 7.05 Å². The summed E-state index contributed by atoms with van der Waals surface area (Å²) in [5, 5.41) is 0. The van der Waals surface area contributed by atoms with Gasteiger partial charge in [-0.2, -0.15) is 0 Å². The third kappa shape index (κ3) is 4.49. The van der Waals surface area contributed by atoms with Gasteiger partial charge in [0.2, 0.25) is 0 Å². The van der Waals surface area contributed by atoms with Crippen LogP contribution in [0.1, 0.15) is 34.9 Å². The molecule has 2 aliphatic heterocycles. The van der Waals surface area contributed by atoms with Crippen molar-refractivity contribution < 1.29 is 9.53 Å². The molecule has 1 unspecified atom stereocenters. The zero-order chi connectivity index (χ0) is 20.2. The van der Waals surface area contributed by atoms with Gasteiger partial charge in [0.15, 0.2) is 0 Å². The predicted molar refractivity (Wildman–Crippen MR) is 115 cm³/mol. The molecule has 0 radical (unpaired) electrons. The number of carbonyl (C=O) groups is 1. The number of hydrogen-bond donors (Lipinski definition) is 0. The maximum atomic E-state index is 13.0. The molecule has 6 nitrogen and oxygen atoms in total. The van der Waals surface area contributed by atoms with Crippen LogP contribution in [-0.4, -0.2) is 73.2 Å². The van der Waals surface area contributed by atoms with Crippen molar-refractivity contribution in [1.82, 2.24) is 14.4 Å². The van der Waals surface area contributed by atoms with Gasteiger partial charge in [0, 0.05) is 77.1 Å². The van der Waals surface area contributed by atoms with Gasteiger partial charge in [-0.05, 0) is 31.5 Å². The summed E-state index contributed by atoms with van der Waals surface area (Å²) in [6.45, 7) is 6.90. The summed E-state index contributed by atoms with van der Waals surface area (Å²) in [7, 11) is 3.70. The summed E-state index contributed by atoms with van der Waals surface area (Å²) in [5.41, 5.74) is 3.14. The molecule has 0 saturated carbocycles. The maximum Gasteiger partial charge on any atom is 0.255 e. The molecular formula is C23H32N4O2. The summed E-state index contributed by atoms with van der Waals surface area (Å²) in [6, 6.07) is 10.6. The number of para-hydroxylation sites is 1. The molecule has 1 amide bonds. The standard InChI is InChI=1S/C23H32N4O2/c1-24-17-20-21(18-24)23(28)27(12-9-22(20)29-2)11-6-10-25-13-15-26(16-14-25)19-7-4-3-5-8-19/h3-5,7-8,17-18,22H,6,9-16H2,1-2H3. The number of fused-ring (bicyclic) bond motifs is 1. The van der Waals surface area contributed by atoms with Gasteiger partial charge in [-0.1, -0.05) is 18.2 Å². The minimum atomic E-state index is 0.00575. The van der Waals surface area contributed by atoms with Crippen molar-refractivity contribution in [1.29, 1.82) is 0 Å². The van der Waals surface area contributed by atoms with Crippen LogP contribution in [0, 0.1) is 0 Å². The number of hydrogen-bond acceptors (Lipinski definition) is 4. The Morgan fingerprint density at radius 1 is 1.00 bits per heavy atom. The van der Waals surface area contributed by atoms with Crippen LogP contribution in [0.15, 0.2) is 42.7 Å². The Hall–Kier alpha value is -2.31. The van der Waals surface area contributed by atoms with E-state index in [1.807, 2.05) is 28.9 Å². The molecule has 1 saturated heterocycles. The molecule has 2 aliphatic rings. The highest BCUT2D eigenvalue weighted by atomic mass is 16.5. The van der Waals surface area contributed by atoms with E-state index in [9.17, 15) is 4.79 Å². The zero-order valence-electron chi connectivity index (χ0n) is 17.6. The molecule has 1 fully saturated rings. The molecule has 3 heterocycles. The lowest BCUT2D eigenvalue weighted by molar-refractivity contribution is 0.0697. The van der Waals surface area contributed by atoms with Crippen LogP contribution in [-0.2, 0) is 11.8 Å². The van der Waals surface area contributed by atoms with Crippen molar-refractivity contribution in [2.45, 2.75) is 18.9 Å². The third-order valence-corrected chi connectivity index (χ3v) is 6.19. The average Bonchev–Trinajstić information content (AvgIpc) is 3.10. The first-order chi connectivity index (χ1) is 14.2. The molecule has 0 N–H and O–H groups in total. The zero-order valence-corrected chi connectivity index (χ0v) is 17.6. The lowest BCUT2D eigenvalue weighted by atomic mass is 10.1. The van der Waals surface area contributed by atoms with Gasteiger partial charge >= 0.3 is 0 Å². The van der Waals surface area contributed by atoms with Gasteiger partial charge in [0.05, 0.1) is 11.7 Å². The number of aromatic nitrogens is 1. The Kier molecular flexibility index (Phi) is 6.21. The van der Waals surface area contributed by atoms with E-state index in [0.29, 0.717) is 0 Å². The summed E-state index contributed by atoms with van der Waals surface area (Å²) in [5.74, 6) is 0.147. The van der Waals surface area contributed by atoms with Crippen LogP contribution in [0.25, 0.3) is 0 Å². The van der Waals surface area contributed by atoms with Gasteiger partial charge in [0.1, 0.15) is 0 Å². The first-order valence-electron chi connectivity index (χ1n) is 10.7. The molecule has 2 aromatic rings. The Morgan fingerprint density at radius 2 is 1.76 bits per heavy atom. The van der Waals surface area contributed by atoms with Crippen LogP contribution < -0.4 is 4.90 Å². The van der Waals surface area contributed by atoms with Crippen LogP contribution in [0.3, 0.4) is 0 Å². The van der Waals surface area contributed by atoms with E-state index in [-0.39, 0.29) is 12.0 Å². The highest BCUT2D eigenvalue weighted by Gasteiger charge is 2.29. The van der Waals surface area contributed by atoms with E-state index in [1.54, 1.807) is 7.11 Å². The number of ether oxygens (including phenoxy) is 1. The second-order valence-electron chi connectivity index (χ2n) is 8.12. The van der Waals surface area contributed by atoms with Crippen molar-refractivity contribution >= 4 is 11.6 Å². The predicted octanol–water partition coefficient (Wildman–Crippen LogP) is 2.77. The molecule has 156 valence electrons. The number of rotatable bonds is 6. The molecule has 4 rings (SSSR count). The maximum absolute atomic E-state index is 13.0. The van der Waals surface area contributed by atoms with Gasteiger partial charge < -0.3 is 19.1 Å². The molecule has 0 bridgehead atoms. The lowest BCUT2D eigenvalue weighted by Crippen LogP contribution is -2.47. The number of methoxy groups -OCH3 is 1. The highest BCUT2D eigenvalue weighted by Crippen LogP contribution is 2.29. The molecule has 6 heteroatoms. The number of aryl methyl sites for hydroxylation is 1. The first-order valence-corrected chi connectivity index (χ1v) is 10.7. The molecule has 29 heavy (non-hydrogen) atoms. The monoisotopic (exact) mass is 396 g/mol. The van der Waals surface area contributed by atoms with E-state index in [2.05, 4.69) is 40.1 Å². The number of amides is 1. The van der Waals surface area contributed by atoms with Crippen molar-refractivity contribution in [3.05, 3.63) is 53.9 Å². The molecular weight excluding hydrogens is 364 g/mol. The van der Waals surface area contributed by atoms with Crippen molar-refractivity contribution in [2.75, 3.05) is 57.8 Å². The Morgan fingerprint density at radius 3 is 2.48 bits per heavy atom. The normalized spacial score (nSPS) is 20.6. The van der Waals surface area contributed by atoms with E-state index in [4.69, 9.17) is 4.74 Å². The molecule has 1 atom stereocenters. The fourth-order valence-corrected chi connectivity index (χ4v) is 4.55. The van der Waals surface area contributed by atoms with E-state index in [1.165, 1.54) is 5.69 Å². The van der Waals surface area contributed by atoms with E-state index >= 15 is 0 Å². The number of benzene rings is 1. The number of carbonyl (C=O) groups excluding carboxylic acids is 1. The minimum Gasteiger partial charge on any atom is -0.377 e. The minimum absolute atomic E-state index is 0.00575. The number of piperazine rings is 1. The fraction of sp³-hybridized carbons (Fsp3) is 0.522. The van der Waals surface area contributed by atoms with Crippen LogP contribution >= 0.6 is 0 Å². The van der Waals surface area contributed by atoms with Crippen LogP contribution in [0.4, 0.5) is 5.69 Å². The molecule has 0 spiro atoms. The quantitative estimate of drug-likeness (QED) is 0.753. The van der Waals surface area contributed by atoms with Crippen LogP contribution in [0.2, 0.25) is 0 Å². The Labute approximate surface area is 173 Å². The second kappa shape index (κ2) is 9.01. The first kappa shape index (κ1) is 20.0. The van der Waals surface area contributed by atoms with Gasteiger partial charge in [-0.25, -0.2) is 0 Å². The SMILES string of the molecule is COC1CCN(CCCN2CCN(c3ccccc3)CC2)C(=O)c2cn(C)cc21. The lowest BCUT2D eigenvalue weighted by Gasteiger charge is -2.36. The Bertz CT molecular complexity index is 812. The van der Waals surface area contributed by atoms with Gasteiger partial charge in [-0.15, -0.1) is 0 Å². The average molecular weight is 397 g/mol. The summed E-state index contributed by atoms with van der Waals surface area (Å²) in [6.07, 6.45) is 5.83. The summed E-state index contributed by atoms with van der Waals surface area (Å²) >= 11 is 0. The number of anilines is 1. The van der Waals surface area contributed by atoms with Crippen molar-refractivity contribution in [3.63, 3.8) is 0 Å². The fourth-order valence-electron chi connectivity index (χ4n) is 4.55. The summed E-state index contributed by atoms with van der Waals surface area (Å²) < 4.78 is 7.61. The van der Waals surface area contributed by atoms with E-state index in [0.717, 1.165) is 69.8 Å². The second-order valence-corrected chi connectivity index (χ2v) is 8.12. The van der Waals surface area contributed by atoms with Crippen molar-refractivity contribution in [3.8, 4) is 0 Å². The third-order valence-electron chi connectivity index (χ3n) is 6.19. The topological polar surface area (TPSA) is 41.0 Å². The Balaban J connectivity index is 1.27. The largest absolute Gasteiger partial charge is 0.377 e.